The predicted octanol–water partition coefficient (Wildman–Crippen LogP) is 5.78. The molecular formula is C22H28O3S. The van der Waals surface area contributed by atoms with E-state index in [0.29, 0.717) is 6.42 Å². The molecule has 0 aliphatic carbocycles. The van der Waals surface area contributed by atoms with Gasteiger partial charge in [-0.25, -0.2) is 0 Å². The van der Waals surface area contributed by atoms with Crippen LogP contribution < -0.4 is 0 Å². The molecule has 1 atom stereocenters. The zero-order valence-electron chi connectivity index (χ0n) is 15.4. The maximum atomic E-state index is 12.2. The number of hydrogen-bond acceptors (Lipinski definition) is 3. The van der Waals surface area contributed by atoms with Crippen molar-refractivity contribution in [1.29, 1.82) is 0 Å². The molecule has 0 saturated heterocycles. The van der Waals surface area contributed by atoms with Crippen LogP contribution in [0, 0.1) is 5.92 Å². The third-order valence-electron chi connectivity index (χ3n) is 4.47. The van der Waals surface area contributed by atoms with Gasteiger partial charge in [0.25, 0.3) is 0 Å². The van der Waals surface area contributed by atoms with Gasteiger partial charge >= 0.3 is 5.97 Å². The third kappa shape index (κ3) is 7.52. The van der Waals surface area contributed by atoms with Gasteiger partial charge in [-0.3, -0.25) is 9.59 Å². The first kappa shape index (κ1) is 20.4. The number of carboxylic acid groups (broad SMARTS) is 1. The summed E-state index contributed by atoms with van der Waals surface area (Å²) < 4.78 is 0. The van der Waals surface area contributed by atoms with Gasteiger partial charge < -0.3 is 5.11 Å². The van der Waals surface area contributed by atoms with E-state index in [2.05, 4.69) is 30.3 Å². The normalized spacial score (nSPS) is 12.0. The molecule has 0 radical (unpaired) electrons. The molecule has 1 N–H and O–H groups in total. The summed E-state index contributed by atoms with van der Waals surface area (Å²) in [4.78, 5) is 24.9. The van der Waals surface area contributed by atoms with Gasteiger partial charge in [0.2, 0.25) is 0 Å². The Morgan fingerprint density at radius 1 is 0.923 bits per heavy atom. The molecule has 4 heteroatoms. The van der Waals surface area contributed by atoms with Crippen LogP contribution in [-0.2, 0) is 17.6 Å². The van der Waals surface area contributed by atoms with E-state index < -0.39 is 5.97 Å². The number of carbonyl (C=O) groups excluding carboxylic acids is 1. The van der Waals surface area contributed by atoms with Crippen molar-refractivity contribution in [2.24, 2.45) is 5.92 Å². The predicted molar refractivity (Wildman–Crippen MR) is 107 cm³/mol. The number of hydrogen-bond donors (Lipinski definition) is 1. The number of aryl methyl sites for hydroxylation is 2. The minimum absolute atomic E-state index is 0.0486. The Balaban J connectivity index is 1.63. The molecule has 3 nitrogen and oxygen atoms in total. The number of carbonyl (C=O) groups is 2. The van der Waals surface area contributed by atoms with Crippen LogP contribution in [0.25, 0.3) is 0 Å². The number of Topliss-reactive ketones (excluding diaryl/α,β-unsaturated/α-hetero) is 1. The van der Waals surface area contributed by atoms with Crippen molar-refractivity contribution >= 4 is 23.1 Å². The maximum absolute atomic E-state index is 12.2. The summed E-state index contributed by atoms with van der Waals surface area (Å²) in [6.45, 7) is 1.82. The summed E-state index contributed by atoms with van der Waals surface area (Å²) in [7, 11) is 0. The fourth-order valence-corrected chi connectivity index (χ4v) is 4.07. The summed E-state index contributed by atoms with van der Waals surface area (Å²) in [6, 6.07) is 14.5. The molecule has 140 valence electrons. The highest BCUT2D eigenvalue weighted by molar-refractivity contribution is 7.14. The molecule has 26 heavy (non-hydrogen) atoms. The quantitative estimate of drug-likeness (QED) is 0.380. The summed E-state index contributed by atoms with van der Waals surface area (Å²) in [5.41, 5.74) is 1.41. The second kappa shape index (κ2) is 10.9. The lowest BCUT2D eigenvalue weighted by Crippen LogP contribution is -2.09. The van der Waals surface area contributed by atoms with Crippen molar-refractivity contribution in [2.45, 2.75) is 58.3 Å². The van der Waals surface area contributed by atoms with E-state index in [4.69, 9.17) is 5.11 Å². The van der Waals surface area contributed by atoms with Crippen LogP contribution >= 0.6 is 11.3 Å². The number of unbranched alkanes of at least 4 members (excludes halogenated alkanes) is 3. The van der Waals surface area contributed by atoms with Gasteiger partial charge in [0.1, 0.15) is 0 Å². The van der Waals surface area contributed by atoms with Crippen molar-refractivity contribution in [1.82, 2.24) is 0 Å². The lowest BCUT2D eigenvalue weighted by Gasteiger charge is -2.05. The van der Waals surface area contributed by atoms with Crippen LogP contribution in [-0.4, -0.2) is 16.9 Å². The third-order valence-corrected chi connectivity index (χ3v) is 5.66. The Kier molecular flexibility index (Phi) is 8.56. The highest BCUT2D eigenvalue weighted by Crippen LogP contribution is 2.22. The maximum Gasteiger partial charge on any atom is 0.303 e. The van der Waals surface area contributed by atoms with Crippen molar-refractivity contribution in [2.75, 3.05) is 0 Å². The minimum atomic E-state index is -0.843. The van der Waals surface area contributed by atoms with Crippen LogP contribution in [0.4, 0.5) is 0 Å². The van der Waals surface area contributed by atoms with E-state index in [-0.39, 0.29) is 18.1 Å². The molecule has 1 unspecified atom stereocenters. The smallest absolute Gasteiger partial charge is 0.303 e. The number of carboxylic acids is 1. The lowest BCUT2D eigenvalue weighted by atomic mass is 10.0. The summed E-state index contributed by atoms with van der Waals surface area (Å²) in [5, 5.41) is 8.79. The Morgan fingerprint density at radius 2 is 1.62 bits per heavy atom. The van der Waals surface area contributed by atoms with Gasteiger partial charge in [0, 0.05) is 17.7 Å². The molecule has 0 amide bonds. The Bertz CT molecular complexity index is 690. The average molecular weight is 373 g/mol. The number of benzene rings is 1. The molecule has 0 fully saturated rings. The number of ketones is 1. The Labute approximate surface area is 160 Å². The van der Waals surface area contributed by atoms with Crippen LogP contribution in [0.3, 0.4) is 0 Å². The molecule has 1 aromatic heterocycles. The molecule has 0 bridgehead atoms. The zero-order valence-corrected chi connectivity index (χ0v) is 16.3. The summed E-state index contributed by atoms with van der Waals surface area (Å²) in [6.07, 6.45) is 7.35. The average Bonchev–Trinajstić information content (AvgIpc) is 3.07. The Morgan fingerprint density at radius 3 is 2.31 bits per heavy atom. The number of thiophene rings is 1. The molecule has 0 spiro atoms. The first-order valence-corrected chi connectivity index (χ1v) is 10.2. The lowest BCUT2D eigenvalue weighted by molar-refractivity contribution is -0.137. The first-order chi connectivity index (χ1) is 12.5. The van der Waals surface area contributed by atoms with E-state index in [1.807, 2.05) is 19.1 Å². The number of aliphatic carboxylic acids is 1. The van der Waals surface area contributed by atoms with Crippen molar-refractivity contribution < 1.29 is 14.7 Å². The van der Waals surface area contributed by atoms with Crippen LogP contribution in [0.2, 0.25) is 0 Å². The van der Waals surface area contributed by atoms with E-state index in [1.165, 1.54) is 29.7 Å². The molecular weight excluding hydrogens is 344 g/mol. The van der Waals surface area contributed by atoms with E-state index in [1.54, 1.807) is 11.3 Å². The summed E-state index contributed by atoms with van der Waals surface area (Å²) >= 11 is 1.57. The van der Waals surface area contributed by atoms with Gasteiger partial charge in [-0.2, -0.15) is 0 Å². The van der Waals surface area contributed by atoms with Gasteiger partial charge in [-0.15, -0.1) is 11.3 Å². The first-order valence-electron chi connectivity index (χ1n) is 9.42. The van der Waals surface area contributed by atoms with Gasteiger partial charge in [-0.05, 0) is 49.3 Å². The van der Waals surface area contributed by atoms with Crippen LogP contribution in [0.5, 0.6) is 0 Å². The topological polar surface area (TPSA) is 54.4 Å². The fourth-order valence-electron chi connectivity index (χ4n) is 3.08. The van der Waals surface area contributed by atoms with E-state index >= 15 is 0 Å². The second-order valence-corrected chi connectivity index (χ2v) is 8.16. The summed E-state index contributed by atoms with van der Waals surface area (Å²) in [5.74, 6) is -0.891. The van der Waals surface area contributed by atoms with E-state index in [0.717, 1.165) is 24.1 Å². The second-order valence-electron chi connectivity index (χ2n) is 7.00. The molecule has 0 aliphatic heterocycles. The zero-order chi connectivity index (χ0) is 18.8. The fraction of sp³-hybridized carbons (Fsp3) is 0.455. The molecule has 0 saturated carbocycles. The Hall–Kier alpha value is -1.94. The highest BCUT2D eigenvalue weighted by atomic mass is 32.1. The molecule has 2 rings (SSSR count). The standard InChI is InChI=1S/C22H28O3S/c1-17(16-22(24)25)15-20(23)21-14-13-19(26-21)12-8-3-2-5-9-18-10-6-4-7-11-18/h4,6-7,10-11,13-14,17H,2-3,5,8-9,12,15-16H2,1H3,(H,24,25). The van der Waals surface area contributed by atoms with Crippen molar-refractivity contribution in [3.05, 3.63) is 57.8 Å². The van der Waals surface area contributed by atoms with Gasteiger partial charge in [0.15, 0.2) is 5.78 Å². The molecule has 2 aromatic rings. The van der Waals surface area contributed by atoms with Crippen molar-refractivity contribution in [3.8, 4) is 0 Å². The number of rotatable bonds is 12. The van der Waals surface area contributed by atoms with Crippen LogP contribution in [0.15, 0.2) is 42.5 Å². The molecule has 1 heterocycles. The van der Waals surface area contributed by atoms with Gasteiger partial charge in [0.05, 0.1) is 4.88 Å². The monoisotopic (exact) mass is 372 g/mol. The minimum Gasteiger partial charge on any atom is -0.481 e. The van der Waals surface area contributed by atoms with Crippen LogP contribution in [0.1, 0.15) is 65.6 Å². The van der Waals surface area contributed by atoms with Gasteiger partial charge in [-0.1, -0.05) is 50.1 Å². The molecule has 1 aromatic carbocycles. The van der Waals surface area contributed by atoms with E-state index in [9.17, 15) is 9.59 Å². The molecule has 0 aliphatic rings. The highest BCUT2D eigenvalue weighted by Gasteiger charge is 2.15. The van der Waals surface area contributed by atoms with Crippen molar-refractivity contribution in [3.63, 3.8) is 0 Å². The SMILES string of the molecule is CC(CC(=O)O)CC(=O)c1ccc(CCCCCCc2ccccc2)s1. The largest absolute Gasteiger partial charge is 0.481 e.